The van der Waals surface area contributed by atoms with Crippen molar-refractivity contribution in [1.29, 1.82) is 0 Å². The third-order valence-electron chi connectivity index (χ3n) is 9.47. The number of benzene rings is 2. The van der Waals surface area contributed by atoms with Crippen LogP contribution in [0.4, 0.5) is 0 Å². The fourth-order valence-electron chi connectivity index (χ4n) is 7.09. The van der Waals surface area contributed by atoms with Gasteiger partial charge in [0.1, 0.15) is 5.75 Å². The van der Waals surface area contributed by atoms with Crippen LogP contribution < -0.4 is 4.74 Å². The SMILES string of the molecule is COc1ccc2c(c1)c(CCN1CCCCC1CC1CCCCC1)c(C)n2C(=O)c1ccc(C(C)(C)C)cc1. The Hall–Kier alpha value is -2.59. The maximum Gasteiger partial charge on any atom is 0.262 e. The summed E-state index contributed by atoms with van der Waals surface area (Å²) in [7, 11) is 1.72. The van der Waals surface area contributed by atoms with Crippen LogP contribution in [0.5, 0.6) is 5.75 Å². The molecule has 1 aliphatic heterocycles. The molecular weight excluding hydrogens is 480 g/mol. The lowest BCUT2D eigenvalue weighted by molar-refractivity contribution is 0.0962. The first-order valence-corrected chi connectivity index (χ1v) is 15.3. The molecule has 5 rings (SSSR count). The molecule has 0 radical (unpaired) electrons. The van der Waals surface area contributed by atoms with E-state index in [0.717, 1.165) is 46.8 Å². The Morgan fingerprint density at radius 1 is 0.949 bits per heavy atom. The highest BCUT2D eigenvalue weighted by Gasteiger charge is 2.27. The van der Waals surface area contributed by atoms with Gasteiger partial charge in [0.2, 0.25) is 0 Å². The zero-order valence-electron chi connectivity index (χ0n) is 24.9. The Balaban J connectivity index is 1.42. The van der Waals surface area contributed by atoms with Crippen LogP contribution in [0.2, 0.25) is 0 Å². The molecule has 2 aliphatic rings. The first-order valence-electron chi connectivity index (χ1n) is 15.3. The molecule has 0 spiro atoms. The second-order valence-corrected chi connectivity index (χ2v) is 13.1. The van der Waals surface area contributed by atoms with Gasteiger partial charge in [-0.25, -0.2) is 0 Å². The lowest BCUT2D eigenvalue weighted by Gasteiger charge is -2.38. The van der Waals surface area contributed by atoms with Crippen molar-refractivity contribution in [3.63, 3.8) is 0 Å². The van der Waals surface area contributed by atoms with Crippen molar-refractivity contribution in [3.05, 3.63) is 64.8 Å². The molecule has 2 heterocycles. The Kier molecular flexibility index (Phi) is 8.52. The molecule has 1 unspecified atom stereocenters. The number of hydrogen-bond donors (Lipinski definition) is 0. The molecule has 210 valence electrons. The molecule has 3 aromatic rings. The van der Waals surface area contributed by atoms with Crippen LogP contribution in [-0.2, 0) is 11.8 Å². The summed E-state index contributed by atoms with van der Waals surface area (Å²) in [5.74, 6) is 1.80. The van der Waals surface area contributed by atoms with Gasteiger partial charge < -0.3 is 9.64 Å². The highest BCUT2D eigenvalue weighted by molar-refractivity contribution is 6.04. The first kappa shape index (κ1) is 28.0. The normalized spacial score (nSPS) is 19.5. The fourth-order valence-corrected chi connectivity index (χ4v) is 7.09. The highest BCUT2D eigenvalue weighted by atomic mass is 16.5. The topological polar surface area (TPSA) is 34.5 Å². The van der Waals surface area contributed by atoms with E-state index >= 15 is 0 Å². The van der Waals surface area contributed by atoms with E-state index in [1.165, 1.54) is 75.5 Å². The van der Waals surface area contributed by atoms with Gasteiger partial charge in [-0.15, -0.1) is 0 Å². The van der Waals surface area contributed by atoms with E-state index in [0.29, 0.717) is 6.04 Å². The molecule has 0 amide bonds. The van der Waals surface area contributed by atoms with Crippen LogP contribution in [0, 0.1) is 12.8 Å². The number of rotatable bonds is 7. The predicted molar refractivity (Wildman–Crippen MR) is 162 cm³/mol. The average Bonchev–Trinajstić information content (AvgIpc) is 3.22. The van der Waals surface area contributed by atoms with Gasteiger partial charge in [0.15, 0.2) is 0 Å². The largest absolute Gasteiger partial charge is 0.497 e. The Bertz CT molecular complexity index is 1270. The number of carbonyl (C=O) groups excluding carboxylic acids is 1. The minimum atomic E-state index is 0.0440. The van der Waals surface area contributed by atoms with E-state index in [-0.39, 0.29) is 11.3 Å². The van der Waals surface area contributed by atoms with E-state index in [4.69, 9.17) is 4.74 Å². The Morgan fingerprint density at radius 2 is 1.67 bits per heavy atom. The van der Waals surface area contributed by atoms with Crippen LogP contribution in [0.15, 0.2) is 42.5 Å². The van der Waals surface area contributed by atoms with Gasteiger partial charge in [0, 0.05) is 29.2 Å². The molecule has 2 fully saturated rings. The number of fused-ring (bicyclic) bond motifs is 1. The van der Waals surface area contributed by atoms with Gasteiger partial charge >= 0.3 is 0 Å². The van der Waals surface area contributed by atoms with Gasteiger partial charge in [-0.2, -0.15) is 0 Å². The number of nitrogens with zero attached hydrogens (tertiary/aromatic N) is 2. The summed E-state index contributed by atoms with van der Waals surface area (Å²) in [5.41, 5.74) is 5.35. The zero-order valence-corrected chi connectivity index (χ0v) is 24.9. The smallest absolute Gasteiger partial charge is 0.262 e. The third kappa shape index (κ3) is 6.11. The second-order valence-electron chi connectivity index (χ2n) is 13.1. The van der Waals surface area contributed by atoms with E-state index in [1.54, 1.807) is 7.11 Å². The van der Waals surface area contributed by atoms with Gasteiger partial charge in [0.25, 0.3) is 5.91 Å². The van der Waals surface area contributed by atoms with Crippen molar-refractivity contribution in [1.82, 2.24) is 9.47 Å². The van der Waals surface area contributed by atoms with Gasteiger partial charge in [-0.3, -0.25) is 9.36 Å². The van der Waals surface area contributed by atoms with Crippen LogP contribution in [0.3, 0.4) is 0 Å². The van der Waals surface area contributed by atoms with E-state index in [1.807, 2.05) is 22.8 Å². The van der Waals surface area contributed by atoms with Crippen LogP contribution in [-0.4, -0.2) is 41.6 Å². The van der Waals surface area contributed by atoms with Crippen LogP contribution in [0.25, 0.3) is 10.9 Å². The lowest BCUT2D eigenvalue weighted by atomic mass is 9.82. The molecule has 0 bridgehead atoms. The van der Waals surface area contributed by atoms with Crippen molar-refractivity contribution in [2.75, 3.05) is 20.2 Å². The maximum absolute atomic E-state index is 13.9. The van der Waals surface area contributed by atoms with Gasteiger partial charge in [-0.05, 0) is 91.9 Å². The summed E-state index contributed by atoms with van der Waals surface area (Å²) in [5, 5.41) is 1.15. The number of likely N-dealkylation sites (tertiary alicyclic amines) is 1. The quantitative estimate of drug-likeness (QED) is 0.309. The molecular formula is C35H48N2O2. The number of hydrogen-bond acceptors (Lipinski definition) is 3. The monoisotopic (exact) mass is 528 g/mol. The predicted octanol–water partition coefficient (Wildman–Crippen LogP) is 8.31. The van der Waals surface area contributed by atoms with E-state index in [2.05, 4.69) is 56.9 Å². The molecule has 1 atom stereocenters. The summed E-state index contributed by atoms with van der Waals surface area (Å²) in [6.07, 6.45) is 13.5. The summed E-state index contributed by atoms with van der Waals surface area (Å²) in [6.45, 7) is 11.0. The zero-order chi connectivity index (χ0) is 27.6. The molecule has 2 aromatic carbocycles. The summed E-state index contributed by atoms with van der Waals surface area (Å²) in [6, 6.07) is 15.0. The average molecular weight is 529 g/mol. The summed E-state index contributed by atoms with van der Waals surface area (Å²) in [4.78, 5) is 16.7. The maximum atomic E-state index is 13.9. The molecule has 1 saturated heterocycles. The standard InChI is InChI=1S/C35H48N2O2/c1-25-31(20-22-36-21-10-9-13-29(36)23-26-11-7-6-8-12-26)32-24-30(39-5)18-19-33(32)37(25)34(38)27-14-16-28(17-15-27)35(2,3)4/h14-19,24,26,29H,6-13,20-23H2,1-5H3. The van der Waals surface area contributed by atoms with Crippen molar-refractivity contribution in [2.45, 2.75) is 103 Å². The molecule has 39 heavy (non-hydrogen) atoms. The summed E-state index contributed by atoms with van der Waals surface area (Å²) < 4.78 is 7.54. The number of methoxy groups -OCH3 is 1. The number of ether oxygens (including phenoxy) is 1. The molecule has 0 N–H and O–H groups in total. The first-order chi connectivity index (χ1) is 18.8. The Morgan fingerprint density at radius 3 is 2.36 bits per heavy atom. The number of piperidine rings is 1. The van der Waals surface area contributed by atoms with Crippen molar-refractivity contribution in [2.24, 2.45) is 5.92 Å². The minimum Gasteiger partial charge on any atom is -0.497 e. The fraction of sp³-hybridized carbons (Fsp3) is 0.571. The Labute approximate surface area is 235 Å². The molecule has 4 heteroatoms. The lowest BCUT2D eigenvalue weighted by Crippen LogP contribution is -2.42. The van der Waals surface area contributed by atoms with Crippen molar-refractivity contribution < 1.29 is 9.53 Å². The molecule has 1 aromatic heterocycles. The third-order valence-corrected chi connectivity index (χ3v) is 9.47. The van der Waals surface area contributed by atoms with Crippen molar-refractivity contribution >= 4 is 16.8 Å². The minimum absolute atomic E-state index is 0.0440. The van der Waals surface area contributed by atoms with Crippen LogP contribution in [0.1, 0.15) is 106 Å². The number of aromatic nitrogens is 1. The van der Waals surface area contributed by atoms with E-state index < -0.39 is 0 Å². The van der Waals surface area contributed by atoms with Crippen molar-refractivity contribution in [3.8, 4) is 5.75 Å². The highest BCUT2D eigenvalue weighted by Crippen LogP contribution is 2.34. The van der Waals surface area contributed by atoms with Crippen LogP contribution >= 0.6 is 0 Å². The molecule has 1 saturated carbocycles. The van der Waals surface area contributed by atoms with Gasteiger partial charge in [-0.1, -0.05) is 71.4 Å². The molecule has 4 nitrogen and oxygen atoms in total. The second kappa shape index (κ2) is 11.9. The van der Waals surface area contributed by atoms with Gasteiger partial charge in [0.05, 0.1) is 12.6 Å². The molecule has 1 aliphatic carbocycles. The number of carbonyl (C=O) groups is 1. The summed E-state index contributed by atoms with van der Waals surface area (Å²) >= 11 is 0. The van der Waals surface area contributed by atoms with E-state index in [9.17, 15) is 4.79 Å².